The second kappa shape index (κ2) is 7.51. The van der Waals surface area contributed by atoms with Gasteiger partial charge in [0.1, 0.15) is 0 Å². The largest absolute Gasteiger partial charge is 0.396 e. The van der Waals surface area contributed by atoms with Crippen LogP contribution in [0.2, 0.25) is 5.02 Å². The van der Waals surface area contributed by atoms with Crippen molar-refractivity contribution in [1.29, 1.82) is 0 Å². The number of benzene rings is 1. The van der Waals surface area contributed by atoms with E-state index >= 15 is 0 Å². The van der Waals surface area contributed by atoms with Crippen LogP contribution in [0.25, 0.3) is 0 Å². The number of hydrogen-bond acceptors (Lipinski definition) is 3. The maximum atomic E-state index is 9.22. The molecular formula is C19H24ClN3O. The highest BCUT2D eigenvalue weighted by atomic mass is 35.5. The Kier molecular flexibility index (Phi) is 5.39. The van der Waals surface area contributed by atoms with Gasteiger partial charge in [-0.15, -0.1) is 0 Å². The second-order valence-electron chi connectivity index (χ2n) is 6.45. The van der Waals surface area contributed by atoms with Gasteiger partial charge in [-0.05, 0) is 31.9 Å². The maximum absolute atomic E-state index is 9.22. The Bertz CT molecular complexity index is 738. The fourth-order valence-corrected chi connectivity index (χ4v) is 3.42. The van der Waals surface area contributed by atoms with Crippen molar-refractivity contribution >= 4 is 11.6 Å². The summed E-state index contributed by atoms with van der Waals surface area (Å²) in [5.41, 5.74) is 4.53. The first-order chi connectivity index (χ1) is 11.6. The van der Waals surface area contributed by atoms with Crippen LogP contribution in [0.3, 0.4) is 0 Å². The SMILES string of the molecule is Cc1nn(Cc2ccccc2Cl)c(C)c1CN[C@@H]1C=C[C@H](CO)C1. The molecule has 1 aromatic heterocycles. The second-order valence-corrected chi connectivity index (χ2v) is 6.86. The molecule has 0 radical (unpaired) electrons. The summed E-state index contributed by atoms with van der Waals surface area (Å²) in [5, 5.41) is 18.2. The van der Waals surface area contributed by atoms with Crippen LogP contribution in [0.1, 0.15) is 28.9 Å². The summed E-state index contributed by atoms with van der Waals surface area (Å²) < 4.78 is 2.02. The predicted octanol–water partition coefficient (Wildman–Crippen LogP) is 3.23. The molecule has 24 heavy (non-hydrogen) atoms. The number of nitrogens with zero attached hydrogens (tertiary/aromatic N) is 2. The summed E-state index contributed by atoms with van der Waals surface area (Å²) in [6, 6.07) is 8.22. The van der Waals surface area contributed by atoms with Gasteiger partial charge >= 0.3 is 0 Å². The minimum Gasteiger partial charge on any atom is -0.396 e. The minimum absolute atomic E-state index is 0.225. The molecule has 0 fully saturated rings. The van der Waals surface area contributed by atoms with Gasteiger partial charge in [-0.1, -0.05) is 42.0 Å². The van der Waals surface area contributed by atoms with Crippen molar-refractivity contribution in [1.82, 2.24) is 15.1 Å². The normalized spacial score (nSPS) is 20.0. The Morgan fingerprint density at radius 1 is 1.29 bits per heavy atom. The molecule has 0 unspecified atom stereocenters. The smallest absolute Gasteiger partial charge is 0.0677 e. The molecular weight excluding hydrogens is 322 g/mol. The van der Waals surface area contributed by atoms with Gasteiger partial charge in [0.2, 0.25) is 0 Å². The molecule has 0 saturated carbocycles. The maximum Gasteiger partial charge on any atom is 0.0677 e. The van der Waals surface area contributed by atoms with Crippen LogP contribution in [-0.2, 0) is 13.1 Å². The van der Waals surface area contributed by atoms with Crippen LogP contribution in [0.5, 0.6) is 0 Å². The number of halogens is 1. The van der Waals surface area contributed by atoms with Gasteiger partial charge in [0.05, 0.1) is 12.2 Å². The average Bonchev–Trinajstić information content (AvgIpc) is 3.13. The number of aliphatic hydroxyl groups is 1. The van der Waals surface area contributed by atoms with E-state index in [-0.39, 0.29) is 12.5 Å². The Morgan fingerprint density at radius 2 is 2.08 bits per heavy atom. The minimum atomic E-state index is 0.225. The molecule has 128 valence electrons. The molecule has 2 atom stereocenters. The van der Waals surface area contributed by atoms with Crippen molar-refractivity contribution in [3.63, 3.8) is 0 Å². The van der Waals surface area contributed by atoms with Crippen LogP contribution in [0.15, 0.2) is 36.4 Å². The molecule has 1 heterocycles. The zero-order chi connectivity index (χ0) is 17.1. The van der Waals surface area contributed by atoms with Gasteiger partial charge < -0.3 is 10.4 Å². The van der Waals surface area contributed by atoms with Crippen molar-refractivity contribution in [2.24, 2.45) is 5.92 Å². The quantitative estimate of drug-likeness (QED) is 0.790. The highest BCUT2D eigenvalue weighted by Crippen LogP contribution is 2.21. The van der Waals surface area contributed by atoms with Gasteiger partial charge in [0.15, 0.2) is 0 Å². The molecule has 3 rings (SSSR count). The molecule has 4 nitrogen and oxygen atoms in total. The van der Waals surface area contributed by atoms with E-state index in [1.807, 2.05) is 35.9 Å². The lowest BCUT2D eigenvalue weighted by atomic mass is 10.1. The van der Waals surface area contributed by atoms with Crippen LogP contribution < -0.4 is 5.32 Å². The Hall–Kier alpha value is -1.62. The third kappa shape index (κ3) is 3.72. The highest BCUT2D eigenvalue weighted by Gasteiger charge is 2.19. The van der Waals surface area contributed by atoms with E-state index in [2.05, 4.69) is 29.5 Å². The summed E-state index contributed by atoms with van der Waals surface area (Å²) in [6.45, 7) is 5.85. The predicted molar refractivity (Wildman–Crippen MR) is 97.2 cm³/mol. The molecule has 0 spiro atoms. The topological polar surface area (TPSA) is 50.1 Å². The van der Waals surface area contributed by atoms with Crippen LogP contribution in [0, 0.1) is 19.8 Å². The molecule has 5 heteroatoms. The third-order valence-corrected chi connectivity index (χ3v) is 5.13. The molecule has 1 aliphatic carbocycles. The number of rotatable bonds is 6. The van der Waals surface area contributed by atoms with Gasteiger partial charge in [-0.3, -0.25) is 4.68 Å². The summed E-state index contributed by atoms with van der Waals surface area (Å²) >= 11 is 6.27. The van der Waals surface area contributed by atoms with Gasteiger partial charge in [0.25, 0.3) is 0 Å². The third-order valence-electron chi connectivity index (χ3n) is 4.76. The van der Waals surface area contributed by atoms with Crippen molar-refractivity contribution < 1.29 is 5.11 Å². The fourth-order valence-electron chi connectivity index (χ4n) is 3.23. The van der Waals surface area contributed by atoms with Crippen LogP contribution in [0.4, 0.5) is 0 Å². The van der Waals surface area contributed by atoms with Crippen molar-refractivity contribution in [3.05, 3.63) is 64.0 Å². The first-order valence-corrected chi connectivity index (χ1v) is 8.75. The fraction of sp³-hybridized carbons (Fsp3) is 0.421. The molecule has 2 N–H and O–H groups in total. The Balaban J connectivity index is 1.68. The molecule has 0 amide bonds. The molecule has 2 aromatic rings. The van der Waals surface area contributed by atoms with E-state index in [0.29, 0.717) is 12.6 Å². The van der Waals surface area contributed by atoms with E-state index in [0.717, 1.165) is 29.2 Å². The van der Waals surface area contributed by atoms with Crippen LogP contribution >= 0.6 is 11.6 Å². The van der Waals surface area contributed by atoms with Crippen molar-refractivity contribution in [3.8, 4) is 0 Å². The van der Waals surface area contributed by atoms with E-state index in [1.165, 1.54) is 11.3 Å². The molecule has 0 aliphatic heterocycles. The summed E-state index contributed by atoms with van der Waals surface area (Å²) in [6.07, 6.45) is 5.21. The van der Waals surface area contributed by atoms with E-state index < -0.39 is 0 Å². The monoisotopic (exact) mass is 345 g/mol. The molecule has 1 aliphatic rings. The lowest BCUT2D eigenvalue weighted by molar-refractivity contribution is 0.246. The number of hydrogen-bond donors (Lipinski definition) is 2. The number of nitrogens with one attached hydrogen (secondary N) is 1. The average molecular weight is 346 g/mol. The standard InChI is InChI=1S/C19H24ClN3O/c1-13-18(10-21-17-8-7-15(9-17)12-24)14(2)23(22-13)11-16-5-3-4-6-19(16)20/h3-8,15,17,21,24H,9-12H2,1-2H3/t15-,17+/m0/s1. The van der Waals surface area contributed by atoms with E-state index in [4.69, 9.17) is 11.6 Å². The lowest BCUT2D eigenvalue weighted by Crippen LogP contribution is -2.26. The summed E-state index contributed by atoms with van der Waals surface area (Å²) in [4.78, 5) is 0. The Morgan fingerprint density at radius 3 is 2.79 bits per heavy atom. The van der Waals surface area contributed by atoms with Gasteiger partial charge in [-0.25, -0.2) is 0 Å². The van der Waals surface area contributed by atoms with Crippen molar-refractivity contribution in [2.45, 2.75) is 39.4 Å². The van der Waals surface area contributed by atoms with Crippen molar-refractivity contribution in [2.75, 3.05) is 6.61 Å². The van der Waals surface area contributed by atoms with Crippen LogP contribution in [-0.4, -0.2) is 27.5 Å². The molecule has 1 aromatic carbocycles. The molecule has 0 saturated heterocycles. The highest BCUT2D eigenvalue weighted by molar-refractivity contribution is 6.31. The summed E-state index contributed by atoms with van der Waals surface area (Å²) in [5.74, 6) is 0.285. The Labute approximate surface area is 148 Å². The van der Waals surface area contributed by atoms with Gasteiger partial charge in [-0.2, -0.15) is 5.10 Å². The van der Waals surface area contributed by atoms with E-state index in [9.17, 15) is 5.11 Å². The number of aryl methyl sites for hydroxylation is 1. The van der Waals surface area contributed by atoms with E-state index in [1.54, 1.807) is 0 Å². The first-order valence-electron chi connectivity index (χ1n) is 8.37. The zero-order valence-corrected chi connectivity index (χ0v) is 14.9. The lowest BCUT2D eigenvalue weighted by Gasteiger charge is -2.13. The number of aromatic nitrogens is 2. The van der Waals surface area contributed by atoms with Gasteiger partial charge in [0, 0.05) is 41.4 Å². The molecule has 0 bridgehead atoms. The number of aliphatic hydroxyl groups excluding tert-OH is 1. The summed E-state index contributed by atoms with van der Waals surface area (Å²) in [7, 11) is 0. The first kappa shape index (κ1) is 17.2. The zero-order valence-electron chi connectivity index (χ0n) is 14.2.